The Hall–Kier alpha value is -1.84. The molecule has 2 rings (SSSR count). The maximum Gasteiger partial charge on any atom is 0.222 e. The van der Waals surface area contributed by atoms with Crippen molar-refractivity contribution in [2.75, 3.05) is 6.54 Å². The summed E-state index contributed by atoms with van der Waals surface area (Å²) < 4.78 is 0. The highest BCUT2D eigenvalue weighted by atomic mass is 16.2. The summed E-state index contributed by atoms with van der Waals surface area (Å²) in [5.74, 6) is 0.747. The van der Waals surface area contributed by atoms with Gasteiger partial charge in [-0.1, -0.05) is 55.5 Å². The first-order chi connectivity index (χ1) is 11.5. The predicted octanol–water partition coefficient (Wildman–Crippen LogP) is 3.65. The van der Waals surface area contributed by atoms with E-state index in [0.29, 0.717) is 0 Å². The molecule has 4 heteroatoms. The predicted molar refractivity (Wildman–Crippen MR) is 96.6 cm³/mol. The number of carbonyl (C=O) groups is 2. The number of rotatable bonds is 8. The quantitative estimate of drug-likeness (QED) is 0.715. The molecule has 0 saturated heterocycles. The molecule has 0 bridgehead atoms. The molecule has 0 spiro atoms. The van der Waals surface area contributed by atoms with E-state index in [4.69, 9.17) is 0 Å². The molecule has 2 N–H and O–H groups in total. The summed E-state index contributed by atoms with van der Waals surface area (Å²) in [6.45, 7) is 4.24. The summed E-state index contributed by atoms with van der Waals surface area (Å²) in [6, 6.07) is 7.69. The van der Waals surface area contributed by atoms with Gasteiger partial charge in [-0.25, -0.2) is 0 Å². The van der Waals surface area contributed by atoms with Gasteiger partial charge in [0.15, 0.2) is 0 Å². The van der Waals surface area contributed by atoms with Crippen LogP contribution in [0.25, 0.3) is 0 Å². The van der Waals surface area contributed by atoms with Crippen molar-refractivity contribution in [1.82, 2.24) is 10.6 Å². The number of hydrogen-bond donors (Lipinski definition) is 2. The Labute approximate surface area is 145 Å². The van der Waals surface area contributed by atoms with Crippen LogP contribution in [-0.2, 0) is 9.59 Å². The third kappa shape index (κ3) is 6.34. The van der Waals surface area contributed by atoms with E-state index in [-0.39, 0.29) is 24.3 Å². The van der Waals surface area contributed by atoms with Crippen LogP contribution in [0, 0.1) is 12.8 Å². The lowest BCUT2D eigenvalue weighted by Crippen LogP contribution is -2.33. The lowest BCUT2D eigenvalue weighted by atomic mass is 10.0. The van der Waals surface area contributed by atoms with Crippen molar-refractivity contribution < 1.29 is 9.59 Å². The van der Waals surface area contributed by atoms with Crippen LogP contribution in [0.4, 0.5) is 0 Å². The van der Waals surface area contributed by atoms with Crippen molar-refractivity contribution in [2.24, 2.45) is 5.92 Å². The van der Waals surface area contributed by atoms with Crippen molar-refractivity contribution in [3.8, 4) is 0 Å². The molecule has 0 radical (unpaired) electrons. The fraction of sp³-hybridized carbons (Fsp3) is 0.600. The molecule has 1 saturated carbocycles. The monoisotopic (exact) mass is 330 g/mol. The molecule has 1 aromatic rings. The van der Waals surface area contributed by atoms with Crippen molar-refractivity contribution in [3.05, 3.63) is 35.4 Å². The van der Waals surface area contributed by atoms with Crippen molar-refractivity contribution in [2.45, 2.75) is 64.8 Å². The maximum absolute atomic E-state index is 12.2. The Bertz CT molecular complexity index is 533. The van der Waals surface area contributed by atoms with Gasteiger partial charge in [0.25, 0.3) is 0 Å². The third-order valence-corrected chi connectivity index (χ3v) is 4.83. The number of amides is 2. The summed E-state index contributed by atoms with van der Waals surface area (Å²) in [7, 11) is 0. The molecule has 4 nitrogen and oxygen atoms in total. The summed E-state index contributed by atoms with van der Waals surface area (Å²) >= 11 is 0. The van der Waals surface area contributed by atoms with Gasteiger partial charge in [-0.15, -0.1) is 0 Å². The van der Waals surface area contributed by atoms with Gasteiger partial charge in [-0.2, -0.15) is 0 Å². The van der Waals surface area contributed by atoms with Crippen molar-refractivity contribution >= 4 is 11.8 Å². The highest BCUT2D eigenvalue weighted by Gasteiger charge is 2.17. The van der Waals surface area contributed by atoms with Gasteiger partial charge in [-0.3, -0.25) is 9.59 Å². The number of aryl methyl sites for hydroxylation is 1. The van der Waals surface area contributed by atoms with E-state index < -0.39 is 0 Å². The molecule has 24 heavy (non-hydrogen) atoms. The van der Waals surface area contributed by atoms with E-state index in [1.165, 1.54) is 39.0 Å². The molecule has 2 amide bonds. The SMILES string of the molecule is CC(=O)NC(CC(=O)NCCCC1CCCC1)c1ccc(C)cc1. The first-order valence-electron chi connectivity index (χ1n) is 9.15. The summed E-state index contributed by atoms with van der Waals surface area (Å²) in [4.78, 5) is 23.6. The average molecular weight is 330 g/mol. The Morgan fingerprint density at radius 2 is 1.83 bits per heavy atom. The van der Waals surface area contributed by atoms with E-state index in [1.807, 2.05) is 31.2 Å². The first kappa shape index (κ1) is 18.5. The normalized spacial score (nSPS) is 15.9. The number of benzene rings is 1. The van der Waals surface area contributed by atoms with E-state index >= 15 is 0 Å². The smallest absolute Gasteiger partial charge is 0.222 e. The zero-order chi connectivity index (χ0) is 17.4. The van der Waals surface area contributed by atoms with Crippen LogP contribution in [0.3, 0.4) is 0 Å². The lowest BCUT2D eigenvalue weighted by Gasteiger charge is -2.18. The van der Waals surface area contributed by atoms with Crippen molar-refractivity contribution in [3.63, 3.8) is 0 Å². The fourth-order valence-corrected chi connectivity index (χ4v) is 3.47. The molecule has 132 valence electrons. The molecule has 0 heterocycles. The molecule has 1 aliphatic rings. The largest absolute Gasteiger partial charge is 0.356 e. The van der Waals surface area contributed by atoms with Crippen LogP contribution >= 0.6 is 0 Å². The van der Waals surface area contributed by atoms with Crippen LogP contribution in [0.2, 0.25) is 0 Å². The highest BCUT2D eigenvalue weighted by Crippen LogP contribution is 2.28. The van der Waals surface area contributed by atoms with Gasteiger partial charge < -0.3 is 10.6 Å². The average Bonchev–Trinajstić information content (AvgIpc) is 3.04. The standard InChI is InChI=1S/C20H30N2O2/c1-15-9-11-18(12-10-15)19(22-16(2)23)14-20(24)21-13-5-8-17-6-3-4-7-17/h9-12,17,19H,3-8,13-14H2,1-2H3,(H,21,24)(H,22,23). The molecule has 1 unspecified atom stereocenters. The van der Waals surface area contributed by atoms with E-state index in [1.54, 1.807) is 0 Å². The molecule has 0 aromatic heterocycles. The van der Waals surface area contributed by atoms with Crippen LogP contribution in [0.15, 0.2) is 24.3 Å². The number of carbonyl (C=O) groups excluding carboxylic acids is 2. The topological polar surface area (TPSA) is 58.2 Å². The third-order valence-electron chi connectivity index (χ3n) is 4.83. The van der Waals surface area contributed by atoms with Crippen LogP contribution in [0.1, 0.15) is 69.0 Å². The second kappa shape index (κ2) is 9.45. The second-order valence-electron chi connectivity index (χ2n) is 7.01. The first-order valence-corrected chi connectivity index (χ1v) is 9.15. The maximum atomic E-state index is 12.2. The zero-order valence-corrected chi connectivity index (χ0v) is 14.9. The van der Waals surface area contributed by atoms with E-state index in [0.717, 1.165) is 30.0 Å². The minimum Gasteiger partial charge on any atom is -0.356 e. The number of nitrogens with one attached hydrogen (secondary N) is 2. The van der Waals surface area contributed by atoms with Gasteiger partial charge in [0, 0.05) is 13.5 Å². The molecular formula is C20H30N2O2. The highest BCUT2D eigenvalue weighted by molar-refractivity contribution is 5.79. The van der Waals surface area contributed by atoms with Gasteiger partial charge in [-0.05, 0) is 31.2 Å². The molecular weight excluding hydrogens is 300 g/mol. The van der Waals surface area contributed by atoms with Crippen LogP contribution in [-0.4, -0.2) is 18.4 Å². The molecule has 1 atom stereocenters. The Morgan fingerprint density at radius 3 is 2.46 bits per heavy atom. The van der Waals surface area contributed by atoms with Gasteiger partial charge in [0.2, 0.25) is 11.8 Å². The fourth-order valence-electron chi connectivity index (χ4n) is 3.47. The minimum absolute atomic E-state index is 0.000692. The second-order valence-corrected chi connectivity index (χ2v) is 7.01. The van der Waals surface area contributed by atoms with Crippen LogP contribution < -0.4 is 10.6 Å². The Morgan fingerprint density at radius 1 is 1.17 bits per heavy atom. The molecule has 1 fully saturated rings. The van der Waals surface area contributed by atoms with Gasteiger partial charge >= 0.3 is 0 Å². The molecule has 1 aliphatic carbocycles. The van der Waals surface area contributed by atoms with Gasteiger partial charge in [0.05, 0.1) is 12.5 Å². The van der Waals surface area contributed by atoms with Crippen LogP contribution in [0.5, 0.6) is 0 Å². The number of hydrogen-bond acceptors (Lipinski definition) is 2. The molecule has 0 aliphatic heterocycles. The Kier molecular flexibility index (Phi) is 7.29. The summed E-state index contributed by atoms with van der Waals surface area (Å²) in [6.07, 6.45) is 7.99. The lowest BCUT2D eigenvalue weighted by molar-refractivity contribution is -0.122. The van der Waals surface area contributed by atoms with E-state index in [2.05, 4.69) is 10.6 Å². The van der Waals surface area contributed by atoms with Crippen molar-refractivity contribution in [1.29, 1.82) is 0 Å². The Balaban J connectivity index is 1.78. The van der Waals surface area contributed by atoms with Gasteiger partial charge in [0.1, 0.15) is 0 Å². The minimum atomic E-state index is -0.266. The van der Waals surface area contributed by atoms with E-state index in [9.17, 15) is 9.59 Å². The molecule has 1 aromatic carbocycles. The summed E-state index contributed by atoms with van der Waals surface area (Å²) in [5, 5.41) is 5.88. The summed E-state index contributed by atoms with van der Waals surface area (Å²) in [5.41, 5.74) is 2.13. The zero-order valence-electron chi connectivity index (χ0n) is 14.9.